The summed E-state index contributed by atoms with van der Waals surface area (Å²) in [4.78, 5) is 4.08. The van der Waals surface area contributed by atoms with Crippen molar-refractivity contribution in [1.29, 1.82) is 0 Å². The van der Waals surface area contributed by atoms with Gasteiger partial charge in [-0.15, -0.1) is 11.6 Å². The zero-order chi connectivity index (χ0) is 11.4. The molecule has 0 aliphatic carbocycles. The summed E-state index contributed by atoms with van der Waals surface area (Å²) in [6, 6.07) is 8.08. The fourth-order valence-corrected chi connectivity index (χ4v) is 1.43. The fourth-order valence-electron chi connectivity index (χ4n) is 1.32. The second kappa shape index (κ2) is 4.94. The van der Waals surface area contributed by atoms with Crippen LogP contribution in [0, 0.1) is 6.92 Å². The van der Waals surface area contributed by atoms with Crippen LogP contribution in [0.25, 0.3) is 12.2 Å². The largest absolute Gasteiger partial charge is 0.335 e. The maximum absolute atomic E-state index is 5.57. The molecule has 0 saturated carbocycles. The zero-order valence-corrected chi connectivity index (χ0v) is 9.61. The van der Waals surface area contributed by atoms with Gasteiger partial charge in [0.2, 0.25) is 0 Å². The van der Waals surface area contributed by atoms with Gasteiger partial charge in [0.1, 0.15) is 0 Å². The SMILES string of the molecule is Cc1ccccc1/C=C/c1nc(CCl)no1. The molecular weight excluding hydrogens is 224 g/mol. The summed E-state index contributed by atoms with van der Waals surface area (Å²) in [5.74, 6) is 1.24. The number of hydrogen-bond donors (Lipinski definition) is 0. The predicted molar refractivity (Wildman–Crippen MR) is 64.0 cm³/mol. The Kier molecular flexibility index (Phi) is 3.37. The smallest absolute Gasteiger partial charge is 0.250 e. The van der Waals surface area contributed by atoms with Gasteiger partial charge in [-0.2, -0.15) is 4.98 Å². The molecule has 1 aromatic heterocycles. The first-order chi connectivity index (χ1) is 7.79. The molecule has 0 unspecified atom stereocenters. The third-order valence-electron chi connectivity index (χ3n) is 2.20. The van der Waals surface area contributed by atoms with E-state index in [4.69, 9.17) is 16.1 Å². The van der Waals surface area contributed by atoms with Crippen molar-refractivity contribution in [2.75, 3.05) is 0 Å². The van der Waals surface area contributed by atoms with Crippen molar-refractivity contribution in [1.82, 2.24) is 10.1 Å². The lowest BCUT2D eigenvalue weighted by molar-refractivity contribution is 0.405. The first kappa shape index (κ1) is 10.9. The van der Waals surface area contributed by atoms with Gasteiger partial charge in [0.15, 0.2) is 5.82 Å². The molecule has 0 bridgehead atoms. The molecule has 1 aromatic carbocycles. The van der Waals surface area contributed by atoms with E-state index in [1.807, 2.05) is 24.3 Å². The van der Waals surface area contributed by atoms with E-state index in [-0.39, 0.29) is 5.88 Å². The minimum Gasteiger partial charge on any atom is -0.335 e. The molecule has 2 rings (SSSR count). The first-order valence-corrected chi connectivity index (χ1v) is 5.45. The van der Waals surface area contributed by atoms with Crippen molar-refractivity contribution in [2.45, 2.75) is 12.8 Å². The van der Waals surface area contributed by atoms with E-state index < -0.39 is 0 Å². The number of halogens is 1. The van der Waals surface area contributed by atoms with Crippen molar-refractivity contribution < 1.29 is 4.52 Å². The Labute approximate surface area is 98.7 Å². The summed E-state index contributed by atoms with van der Waals surface area (Å²) in [7, 11) is 0. The Hall–Kier alpha value is -1.61. The Bertz CT molecular complexity index is 505. The minimum absolute atomic E-state index is 0.266. The van der Waals surface area contributed by atoms with Crippen LogP contribution in [-0.2, 0) is 5.88 Å². The third kappa shape index (κ3) is 2.49. The topological polar surface area (TPSA) is 38.9 Å². The molecule has 0 spiro atoms. The predicted octanol–water partition coefficient (Wildman–Crippen LogP) is 3.29. The highest BCUT2D eigenvalue weighted by Crippen LogP contribution is 2.11. The number of benzene rings is 1. The second-order valence-electron chi connectivity index (χ2n) is 3.37. The van der Waals surface area contributed by atoms with E-state index in [0.29, 0.717) is 11.7 Å². The number of nitrogens with zero attached hydrogens (tertiary/aromatic N) is 2. The molecule has 0 aliphatic rings. The van der Waals surface area contributed by atoms with Crippen LogP contribution in [0.5, 0.6) is 0 Å². The molecule has 2 aromatic rings. The van der Waals surface area contributed by atoms with Crippen molar-refractivity contribution in [2.24, 2.45) is 0 Å². The monoisotopic (exact) mass is 234 g/mol. The Morgan fingerprint density at radius 3 is 2.81 bits per heavy atom. The molecule has 82 valence electrons. The molecule has 0 atom stereocenters. The van der Waals surface area contributed by atoms with E-state index in [1.165, 1.54) is 5.56 Å². The maximum atomic E-state index is 5.57. The van der Waals surface area contributed by atoms with Crippen molar-refractivity contribution in [3.05, 3.63) is 47.1 Å². The van der Waals surface area contributed by atoms with Gasteiger partial charge in [-0.25, -0.2) is 0 Å². The van der Waals surface area contributed by atoms with Crippen LogP contribution in [0.4, 0.5) is 0 Å². The number of hydrogen-bond acceptors (Lipinski definition) is 3. The number of alkyl halides is 1. The molecular formula is C12H11ClN2O. The summed E-state index contributed by atoms with van der Waals surface area (Å²) in [6.45, 7) is 2.05. The lowest BCUT2D eigenvalue weighted by Gasteiger charge is -1.96. The van der Waals surface area contributed by atoms with Crippen LogP contribution in [0.3, 0.4) is 0 Å². The van der Waals surface area contributed by atoms with E-state index in [2.05, 4.69) is 23.1 Å². The molecule has 4 heteroatoms. The third-order valence-corrected chi connectivity index (χ3v) is 2.44. The molecule has 3 nitrogen and oxygen atoms in total. The van der Waals surface area contributed by atoms with Gasteiger partial charge in [-0.1, -0.05) is 29.4 Å². The van der Waals surface area contributed by atoms with Crippen LogP contribution >= 0.6 is 11.6 Å². The molecule has 0 amide bonds. The molecule has 0 radical (unpaired) electrons. The standard InChI is InChI=1S/C12H11ClN2O/c1-9-4-2-3-5-10(9)6-7-12-14-11(8-13)15-16-12/h2-7H,8H2,1H3/b7-6+. The average Bonchev–Trinajstić information content (AvgIpc) is 2.76. The summed E-state index contributed by atoms with van der Waals surface area (Å²) >= 11 is 5.57. The van der Waals surface area contributed by atoms with Gasteiger partial charge in [-0.3, -0.25) is 0 Å². The Morgan fingerprint density at radius 2 is 2.12 bits per heavy atom. The summed E-state index contributed by atoms with van der Waals surface area (Å²) in [6.07, 6.45) is 3.73. The highest BCUT2D eigenvalue weighted by Gasteiger charge is 2.00. The van der Waals surface area contributed by atoms with Crippen molar-refractivity contribution in [3.8, 4) is 0 Å². The average molecular weight is 235 g/mol. The minimum atomic E-state index is 0.266. The highest BCUT2D eigenvalue weighted by atomic mass is 35.5. The van der Waals surface area contributed by atoms with Gasteiger partial charge in [0, 0.05) is 6.08 Å². The molecule has 16 heavy (non-hydrogen) atoms. The summed E-state index contributed by atoms with van der Waals surface area (Å²) in [5.41, 5.74) is 2.34. The maximum Gasteiger partial charge on any atom is 0.250 e. The van der Waals surface area contributed by atoms with Gasteiger partial charge in [0.05, 0.1) is 5.88 Å². The quantitative estimate of drug-likeness (QED) is 0.765. The van der Waals surface area contributed by atoms with E-state index in [9.17, 15) is 0 Å². The van der Waals surface area contributed by atoms with E-state index in [1.54, 1.807) is 6.08 Å². The van der Waals surface area contributed by atoms with Gasteiger partial charge >= 0.3 is 0 Å². The van der Waals surface area contributed by atoms with Crippen molar-refractivity contribution in [3.63, 3.8) is 0 Å². The van der Waals surface area contributed by atoms with E-state index >= 15 is 0 Å². The van der Waals surface area contributed by atoms with Crippen LogP contribution in [0.15, 0.2) is 28.8 Å². The van der Waals surface area contributed by atoms with Gasteiger partial charge in [0.25, 0.3) is 5.89 Å². The number of aromatic nitrogens is 2. The molecule has 0 fully saturated rings. The molecule has 0 N–H and O–H groups in total. The fraction of sp³-hybridized carbons (Fsp3) is 0.167. The summed E-state index contributed by atoms with van der Waals surface area (Å²) in [5, 5.41) is 3.70. The molecule has 0 saturated heterocycles. The van der Waals surface area contributed by atoms with Crippen LogP contribution in [0.2, 0.25) is 0 Å². The first-order valence-electron chi connectivity index (χ1n) is 4.92. The van der Waals surface area contributed by atoms with E-state index in [0.717, 1.165) is 5.56 Å². The van der Waals surface area contributed by atoms with Crippen LogP contribution in [-0.4, -0.2) is 10.1 Å². The normalized spacial score (nSPS) is 11.1. The van der Waals surface area contributed by atoms with Crippen LogP contribution in [0.1, 0.15) is 22.8 Å². The van der Waals surface area contributed by atoms with Crippen LogP contribution < -0.4 is 0 Å². The molecule has 1 heterocycles. The zero-order valence-electron chi connectivity index (χ0n) is 8.85. The Morgan fingerprint density at radius 1 is 1.31 bits per heavy atom. The number of rotatable bonds is 3. The van der Waals surface area contributed by atoms with Crippen molar-refractivity contribution >= 4 is 23.8 Å². The highest BCUT2D eigenvalue weighted by molar-refractivity contribution is 6.16. The number of aryl methyl sites for hydroxylation is 1. The lowest BCUT2D eigenvalue weighted by atomic mass is 10.1. The summed E-state index contributed by atoms with van der Waals surface area (Å²) < 4.78 is 4.98. The lowest BCUT2D eigenvalue weighted by Crippen LogP contribution is -1.80. The molecule has 0 aliphatic heterocycles. The second-order valence-corrected chi connectivity index (χ2v) is 3.64. The Balaban J connectivity index is 2.18. The van der Waals surface area contributed by atoms with Gasteiger partial charge < -0.3 is 4.52 Å². The van der Waals surface area contributed by atoms with Gasteiger partial charge in [-0.05, 0) is 24.1 Å².